The van der Waals surface area contributed by atoms with Gasteiger partial charge in [-0.2, -0.15) is 0 Å². The Morgan fingerprint density at radius 2 is 1.75 bits per heavy atom. The normalized spacial score (nSPS) is 10.8. The number of rotatable bonds is 7. The molecule has 3 rings (SSSR count). The maximum absolute atomic E-state index is 12.3. The number of H-pyrrole nitrogens is 1. The van der Waals surface area contributed by atoms with Crippen molar-refractivity contribution in [1.29, 1.82) is 0 Å². The van der Waals surface area contributed by atoms with Gasteiger partial charge < -0.3 is 15.2 Å². The fourth-order valence-corrected chi connectivity index (χ4v) is 3.36. The zero-order valence-corrected chi connectivity index (χ0v) is 16.7. The van der Waals surface area contributed by atoms with Crippen molar-refractivity contribution in [2.45, 2.75) is 33.6 Å². The average molecular weight is 377 g/mol. The second-order valence-electron chi connectivity index (χ2n) is 6.98. The molecule has 2 N–H and O–H groups in total. The Labute approximate surface area is 165 Å². The Morgan fingerprint density at radius 3 is 2.43 bits per heavy atom. The van der Waals surface area contributed by atoms with E-state index in [1.807, 2.05) is 55.5 Å². The van der Waals surface area contributed by atoms with Crippen LogP contribution in [0.4, 0.5) is 11.4 Å². The molecule has 0 saturated carbocycles. The third kappa shape index (κ3) is 4.60. The molecule has 0 aliphatic rings. The molecule has 1 amide bonds. The third-order valence-corrected chi connectivity index (χ3v) is 4.98. The van der Waals surface area contributed by atoms with Crippen molar-refractivity contribution in [2.24, 2.45) is 0 Å². The average Bonchev–Trinajstić information content (AvgIpc) is 2.68. The van der Waals surface area contributed by atoms with E-state index in [9.17, 15) is 9.59 Å². The smallest absolute Gasteiger partial charge is 0.251 e. The first-order valence-corrected chi connectivity index (χ1v) is 9.77. The minimum absolute atomic E-state index is 0.0982. The number of benzene rings is 2. The molecule has 2 aromatic carbocycles. The van der Waals surface area contributed by atoms with Crippen LogP contribution in [0.5, 0.6) is 0 Å². The topological polar surface area (TPSA) is 65.2 Å². The molecule has 0 unspecified atom stereocenters. The van der Waals surface area contributed by atoms with Gasteiger partial charge in [0.05, 0.1) is 0 Å². The van der Waals surface area contributed by atoms with Gasteiger partial charge in [0, 0.05) is 42.0 Å². The number of aryl methyl sites for hydroxylation is 2. The van der Waals surface area contributed by atoms with Crippen LogP contribution in [0.1, 0.15) is 31.4 Å². The van der Waals surface area contributed by atoms with E-state index in [0.717, 1.165) is 40.9 Å². The predicted molar refractivity (Wildman–Crippen MR) is 116 cm³/mol. The number of carbonyl (C=O) groups excluding carboxylic acids is 1. The first-order valence-electron chi connectivity index (χ1n) is 9.77. The maximum atomic E-state index is 12.3. The molecule has 28 heavy (non-hydrogen) atoms. The van der Waals surface area contributed by atoms with Gasteiger partial charge in [-0.25, -0.2) is 0 Å². The van der Waals surface area contributed by atoms with Gasteiger partial charge in [0.25, 0.3) is 5.56 Å². The van der Waals surface area contributed by atoms with Crippen molar-refractivity contribution < 1.29 is 4.79 Å². The van der Waals surface area contributed by atoms with Gasteiger partial charge in [0.2, 0.25) is 5.91 Å². The Kier molecular flexibility index (Phi) is 6.14. The molecule has 0 atom stereocenters. The number of nitrogens with one attached hydrogen (secondary N) is 2. The zero-order valence-electron chi connectivity index (χ0n) is 16.7. The first-order chi connectivity index (χ1) is 13.5. The van der Waals surface area contributed by atoms with Crippen LogP contribution in [-0.4, -0.2) is 24.0 Å². The molecule has 0 spiro atoms. The van der Waals surface area contributed by atoms with Crippen LogP contribution >= 0.6 is 0 Å². The fraction of sp³-hybridized carbons (Fsp3) is 0.304. The zero-order chi connectivity index (χ0) is 20.1. The molecule has 5 nitrogen and oxygen atoms in total. The van der Waals surface area contributed by atoms with Crippen LogP contribution in [0.2, 0.25) is 0 Å². The number of fused-ring (bicyclic) bond motifs is 1. The highest BCUT2D eigenvalue weighted by atomic mass is 16.1. The molecular formula is C23H27N3O2. The molecule has 1 heterocycles. The number of anilines is 2. The molecule has 0 saturated heterocycles. The van der Waals surface area contributed by atoms with Gasteiger partial charge in [-0.1, -0.05) is 12.1 Å². The minimum Gasteiger partial charge on any atom is -0.372 e. The summed E-state index contributed by atoms with van der Waals surface area (Å²) in [5.74, 6) is -0.0982. The Morgan fingerprint density at radius 1 is 1.04 bits per heavy atom. The predicted octanol–water partition coefficient (Wildman–Crippen LogP) is 4.25. The summed E-state index contributed by atoms with van der Waals surface area (Å²) < 4.78 is 0. The van der Waals surface area contributed by atoms with Crippen molar-refractivity contribution >= 4 is 28.2 Å². The number of carbonyl (C=O) groups is 1. The van der Waals surface area contributed by atoms with Crippen LogP contribution in [0.15, 0.2) is 53.3 Å². The SMILES string of the molecule is CCN(CC)c1ccc(NC(=O)CCc2cc3ccc(C)cc3[nH]c2=O)cc1. The van der Waals surface area contributed by atoms with Crippen LogP contribution in [-0.2, 0) is 11.2 Å². The van der Waals surface area contributed by atoms with Gasteiger partial charge in [0.1, 0.15) is 0 Å². The molecule has 0 radical (unpaired) electrons. The Bertz CT molecular complexity index is 1020. The van der Waals surface area contributed by atoms with Gasteiger partial charge in [-0.15, -0.1) is 0 Å². The molecule has 146 valence electrons. The van der Waals surface area contributed by atoms with Crippen molar-refractivity contribution in [1.82, 2.24) is 4.98 Å². The standard InChI is InChI=1S/C23H27N3O2/c1-4-26(5-2)20-11-9-19(10-12-20)24-22(27)13-8-18-15-17-7-6-16(3)14-21(17)25-23(18)28/h6-7,9-12,14-15H,4-5,8,13H2,1-3H3,(H,24,27)(H,25,28). The first kappa shape index (κ1) is 19.7. The lowest BCUT2D eigenvalue weighted by molar-refractivity contribution is -0.116. The lowest BCUT2D eigenvalue weighted by Crippen LogP contribution is -2.21. The quantitative estimate of drug-likeness (QED) is 0.647. The summed E-state index contributed by atoms with van der Waals surface area (Å²) >= 11 is 0. The van der Waals surface area contributed by atoms with E-state index in [0.29, 0.717) is 12.0 Å². The van der Waals surface area contributed by atoms with Crippen molar-refractivity contribution in [3.63, 3.8) is 0 Å². The van der Waals surface area contributed by atoms with Crippen molar-refractivity contribution in [3.05, 3.63) is 70.0 Å². The van der Waals surface area contributed by atoms with Gasteiger partial charge in [0.15, 0.2) is 0 Å². The second-order valence-corrected chi connectivity index (χ2v) is 6.98. The number of hydrogen-bond acceptors (Lipinski definition) is 3. The number of pyridine rings is 1. The highest BCUT2D eigenvalue weighted by Gasteiger charge is 2.08. The molecule has 0 fully saturated rings. The molecule has 1 aromatic heterocycles. The van der Waals surface area contributed by atoms with Crippen LogP contribution in [0.25, 0.3) is 10.9 Å². The summed E-state index contributed by atoms with van der Waals surface area (Å²) in [4.78, 5) is 29.7. The summed E-state index contributed by atoms with van der Waals surface area (Å²) in [6, 6.07) is 15.7. The maximum Gasteiger partial charge on any atom is 0.251 e. The molecule has 0 bridgehead atoms. The Balaban J connectivity index is 1.63. The molecule has 0 aliphatic heterocycles. The van der Waals surface area contributed by atoms with E-state index in [1.54, 1.807) is 0 Å². The summed E-state index contributed by atoms with van der Waals surface area (Å²) in [5.41, 5.74) is 4.33. The van der Waals surface area contributed by atoms with Crippen molar-refractivity contribution in [3.8, 4) is 0 Å². The summed E-state index contributed by atoms with van der Waals surface area (Å²) in [6.07, 6.45) is 0.667. The van der Waals surface area contributed by atoms with E-state index in [2.05, 4.69) is 29.0 Å². The van der Waals surface area contributed by atoms with Crippen LogP contribution < -0.4 is 15.8 Å². The number of aromatic amines is 1. The van der Waals surface area contributed by atoms with Gasteiger partial charge in [-0.05, 0) is 74.5 Å². The molecule has 5 heteroatoms. The monoisotopic (exact) mass is 377 g/mol. The van der Waals surface area contributed by atoms with Gasteiger partial charge >= 0.3 is 0 Å². The number of nitrogens with zero attached hydrogens (tertiary/aromatic N) is 1. The largest absolute Gasteiger partial charge is 0.372 e. The lowest BCUT2D eigenvalue weighted by atomic mass is 10.1. The van der Waals surface area contributed by atoms with E-state index in [4.69, 9.17) is 0 Å². The number of aromatic nitrogens is 1. The van der Waals surface area contributed by atoms with E-state index in [1.165, 1.54) is 0 Å². The number of amides is 1. The van der Waals surface area contributed by atoms with E-state index >= 15 is 0 Å². The van der Waals surface area contributed by atoms with E-state index in [-0.39, 0.29) is 17.9 Å². The minimum atomic E-state index is -0.130. The summed E-state index contributed by atoms with van der Waals surface area (Å²) in [5, 5.41) is 3.89. The highest BCUT2D eigenvalue weighted by Crippen LogP contribution is 2.18. The van der Waals surface area contributed by atoms with Crippen LogP contribution in [0, 0.1) is 6.92 Å². The Hall–Kier alpha value is -3.08. The summed E-state index contributed by atoms with van der Waals surface area (Å²) in [7, 11) is 0. The summed E-state index contributed by atoms with van der Waals surface area (Å²) in [6.45, 7) is 8.12. The molecular weight excluding hydrogens is 350 g/mol. The fourth-order valence-electron chi connectivity index (χ4n) is 3.36. The molecule has 0 aliphatic carbocycles. The second kappa shape index (κ2) is 8.74. The third-order valence-electron chi connectivity index (χ3n) is 4.98. The van der Waals surface area contributed by atoms with Crippen molar-refractivity contribution in [2.75, 3.05) is 23.3 Å². The van der Waals surface area contributed by atoms with E-state index < -0.39 is 0 Å². The van der Waals surface area contributed by atoms with Gasteiger partial charge in [-0.3, -0.25) is 9.59 Å². The lowest BCUT2D eigenvalue weighted by Gasteiger charge is -2.21. The highest BCUT2D eigenvalue weighted by molar-refractivity contribution is 5.91. The molecule has 3 aromatic rings. The number of hydrogen-bond donors (Lipinski definition) is 2. The van der Waals surface area contributed by atoms with Crippen LogP contribution in [0.3, 0.4) is 0 Å².